The molecule has 2 amide bonds. The average molecular weight is 522 g/mol. The van der Waals surface area contributed by atoms with Gasteiger partial charge in [-0.15, -0.1) is 11.8 Å². The van der Waals surface area contributed by atoms with E-state index in [1.807, 2.05) is 50.2 Å². The van der Waals surface area contributed by atoms with Crippen LogP contribution in [-0.4, -0.2) is 34.6 Å². The molecule has 0 bridgehead atoms. The van der Waals surface area contributed by atoms with E-state index in [-0.39, 0.29) is 17.9 Å². The zero-order valence-corrected chi connectivity index (χ0v) is 22.3. The number of hydrogen-bond donors (Lipinski definition) is 1. The van der Waals surface area contributed by atoms with Crippen molar-refractivity contribution in [3.05, 3.63) is 69.2 Å². The molecule has 2 aromatic rings. The second-order valence-corrected chi connectivity index (χ2v) is 10.8. The van der Waals surface area contributed by atoms with Gasteiger partial charge in [0.25, 0.3) is 0 Å². The minimum absolute atomic E-state index is 0.0312. The van der Waals surface area contributed by atoms with Crippen molar-refractivity contribution < 1.29 is 9.59 Å². The Labute approximate surface area is 217 Å². The monoisotopic (exact) mass is 520 g/mol. The first-order chi connectivity index (χ1) is 16.4. The Morgan fingerprint density at radius 1 is 1.03 bits per heavy atom. The van der Waals surface area contributed by atoms with Gasteiger partial charge in [0, 0.05) is 18.3 Å². The van der Waals surface area contributed by atoms with Gasteiger partial charge in [0.05, 0.1) is 15.8 Å². The van der Waals surface area contributed by atoms with Crippen LogP contribution in [0, 0.1) is 6.92 Å². The molecule has 0 heterocycles. The van der Waals surface area contributed by atoms with Gasteiger partial charge in [-0.2, -0.15) is 0 Å². The smallest absolute Gasteiger partial charge is 0.243 e. The Bertz CT molecular complexity index is 962. The van der Waals surface area contributed by atoms with Crippen molar-refractivity contribution in [3.63, 3.8) is 0 Å². The van der Waals surface area contributed by atoms with Crippen molar-refractivity contribution in [3.8, 4) is 0 Å². The molecule has 0 radical (unpaired) electrons. The Hall–Kier alpha value is -1.69. The standard InChI is InChI=1S/C27H34Cl2N2O2S/c1-3-25(27(33)30-22-7-5-4-6-8-22)31(16-20-11-9-19(2)10-12-20)26(32)18-34-17-21-13-14-23(28)24(29)15-21/h9-15,22,25H,3-8,16-18H2,1-2H3,(H,30,33)/t25-/m0/s1. The maximum absolute atomic E-state index is 13.4. The molecule has 1 saturated carbocycles. The SMILES string of the molecule is CC[C@@H](C(=O)NC1CCCCC1)N(Cc1ccc(C)cc1)C(=O)CSCc1ccc(Cl)c(Cl)c1. The van der Waals surface area contributed by atoms with Crippen LogP contribution < -0.4 is 5.32 Å². The summed E-state index contributed by atoms with van der Waals surface area (Å²) in [5, 5.41) is 4.26. The summed E-state index contributed by atoms with van der Waals surface area (Å²) in [6.45, 7) is 4.44. The van der Waals surface area contributed by atoms with Crippen molar-refractivity contribution in [2.45, 2.75) is 76.8 Å². The average Bonchev–Trinajstić information content (AvgIpc) is 2.83. The van der Waals surface area contributed by atoms with Crippen molar-refractivity contribution in [1.29, 1.82) is 0 Å². The van der Waals surface area contributed by atoms with Crippen molar-refractivity contribution >= 4 is 46.8 Å². The Kier molecular flexibility index (Phi) is 10.6. The molecule has 7 heteroatoms. The number of nitrogens with zero attached hydrogens (tertiary/aromatic N) is 1. The highest BCUT2D eigenvalue weighted by atomic mass is 35.5. The molecule has 4 nitrogen and oxygen atoms in total. The van der Waals surface area contributed by atoms with Gasteiger partial charge in [-0.25, -0.2) is 0 Å². The van der Waals surface area contributed by atoms with E-state index < -0.39 is 6.04 Å². The first kappa shape index (κ1) is 26.9. The maximum atomic E-state index is 13.4. The van der Waals surface area contributed by atoms with E-state index >= 15 is 0 Å². The molecular formula is C27H34Cl2N2O2S. The quantitative estimate of drug-likeness (QED) is 0.375. The summed E-state index contributed by atoms with van der Waals surface area (Å²) in [7, 11) is 0. The van der Waals surface area contributed by atoms with Crippen LogP contribution in [0.25, 0.3) is 0 Å². The maximum Gasteiger partial charge on any atom is 0.243 e. The van der Waals surface area contributed by atoms with E-state index in [1.165, 1.54) is 23.7 Å². The molecule has 0 spiro atoms. The summed E-state index contributed by atoms with van der Waals surface area (Å²) >= 11 is 13.6. The molecule has 3 rings (SSSR count). The first-order valence-electron chi connectivity index (χ1n) is 12.0. The highest BCUT2D eigenvalue weighted by molar-refractivity contribution is 7.99. The zero-order chi connectivity index (χ0) is 24.5. The number of thioether (sulfide) groups is 1. The largest absolute Gasteiger partial charge is 0.352 e. The molecule has 0 saturated heterocycles. The summed E-state index contributed by atoms with van der Waals surface area (Å²) in [5.74, 6) is 0.867. The molecule has 1 atom stereocenters. The highest BCUT2D eigenvalue weighted by Crippen LogP contribution is 2.25. The molecular weight excluding hydrogens is 487 g/mol. The predicted molar refractivity (Wildman–Crippen MR) is 143 cm³/mol. The van der Waals surface area contributed by atoms with Crippen LogP contribution in [0.15, 0.2) is 42.5 Å². The van der Waals surface area contributed by atoms with E-state index in [9.17, 15) is 9.59 Å². The molecule has 184 valence electrons. The summed E-state index contributed by atoms with van der Waals surface area (Å²) in [4.78, 5) is 28.4. The zero-order valence-electron chi connectivity index (χ0n) is 20.0. The van der Waals surface area contributed by atoms with Gasteiger partial charge < -0.3 is 10.2 Å². The lowest BCUT2D eigenvalue weighted by Gasteiger charge is -2.32. The van der Waals surface area contributed by atoms with Crippen molar-refractivity contribution in [2.75, 3.05) is 5.75 Å². The topological polar surface area (TPSA) is 49.4 Å². The Balaban J connectivity index is 1.69. The molecule has 0 aromatic heterocycles. The Morgan fingerprint density at radius 2 is 1.71 bits per heavy atom. The first-order valence-corrected chi connectivity index (χ1v) is 14.0. The van der Waals surface area contributed by atoms with Gasteiger partial charge in [0.1, 0.15) is 6.04 Å². The molecule has 1 aliphatic carbocycles. The number of carbonyl (C=O) groups excluding carboxylic acids is 2. The molecule has 34 heavy (non-hydrogen) atoms. The fourth-order valence-electron chi connectivity index (χ4n) is 4.32. The minimum Gasteiger partial charge on any atom is -0.352 e. The van der Waals surface area contributed by atoms with Gasteiger partial charge in [0.2, 0.25) is 11.8 Å². The van der Waals surface area contributed by atoms with Crippen LogP contribution in [0.2, 0.25) is 10.0 Å². The van der Waals surface area contributed by atoms with E-state index in [1.54, 1.807) is 11.0 Å². The highest BCUT2D eigenvalue weighted by Gasteiger charge is 2.30. The third-order valence-electron chi connectivity index (χ3n) is 6.29. The number of hydrogen-bond acceptors (Lipinski definition) is 3. The molecule has 1 fully saturated rings. The van der Waals surface area contributed by atoms with E-state index in [4.69, 9.17) is 23.2 Å². The normalized spacial score (nSPS) is 15.1. The summed E-state index contributed by atoms with van der Waals surface area (Å²) in [5.41, 5.74) is 3.21. The van der Waals surface area contributed by atoms with Gasteiger partial charge in [-0.1, -0.05) is 85.3 Å². The van der Waals surface area contributed by atoms with Crippen LogP contribution in [0.1, 0.15) is 62.1 Å². The van der Waals surface area contributed by atoms with Crippen LogP contribution in [0.3, 0.4) is 0 Å². The number of benzene rings is 2. The molecule has 1 aliphatic rings. The Morgan fingerprint density at radius 3 is 2.35 bits per heavy atom. The van der Waals surface area contributed by atoms with Gasteiger partial charge in [0.15, 0.2) is 0 Å². The summed E-state index contributed by atoms with van der Waals surface area (Å²) in [6, 6.07) is 13.4. The predicted octanol–water partition coefficient (Wildman–Crippen LogP) is 6.79. The number of rotatable bonds is 10. The molecule has 0 unspecified atom stereocenters. The van der Waals surface area contributed by atoms with Gasteiger partial charge in [-0.05, 0) is 49.4 Å². The van der Waals surface area contributed by atoms with Gasteiger partial charge >= 0.3 is 0 Å². The second-order valence-electron chi connectivity index (χ2n) is 9.02. The summed E-state index contributed by atoms with van der Waals surface area (Å²) < 4.78 is 0. The van der Waals surface area contributed by atoms with Crippen LogP contribution in [-0.2, 0) is 21.9 Å². The lowest BCUT2D eigenvalue weighted by Crippen LogP contribution is -2.52. The second kappa shape index (κ2) is 13.4. The lowest BCUT2D eigenvalue weighted by molar-refractivity contribution is -0.139. The number of aryl methyl sites for hydroxylation is 1. The number of nitrogens with one attached hydrogen (secondary N) is 1. The van der Waals surface area contributed by atoms with E-state index in [2.05, 4.69) is 5.32 Å². The fraction of sp³-hybridized carbons (Fsp3) is 0.481. The van der Waals surface area contributed by atoms with Crippen LogP contribution >= 0.6 is 35.0 Å². The molecule has 0 aliphatic heterocycles. The van der Waals surface area contributed by atoms with Crippen molar-refractivity contribution in [1.82, 2.24) is 10.2 Å². The third-order valence-corrected chi connectivity index (χ3v) is 8.02. The third kappa shape index (κ3) is 7.93. The number of halogens is 2. The molecule has 2 aromatic carbocycles. The van der Waals surface area contributed by atoms with Gasteiger partial charge in [-0.3, -0.25) is 9.59 Å². The fourth-order valence-corrected chi connectivity index (χ4v) is 5.50. The summed E-state index contributed by atoms with van der Waals surface area (Å²) in [6.07, 6.45) is 6.16. The van der Waals surface area contributed by atoms with Crippen molar-refractivity contribution in [2.24, 2.45) is 0 Å². The molecule has 1 N–H and O–H groups in total. The number of carbonyl (C=O) groups is 2. The minimum atomic E-state index is -0.485. The van der Waals surface area contributed by atoms with E-state index in [0.717, 1.165) is 36.8 Å². The van der Waals surface area contributed by atoms with Crippen LogP contribution in [0.4, 0.5) is 0 Å². The lowest BCUT2D eigenvalue weighted by atomic mass is 9.95. The van der Waals surface area contributed by atoms with E-state index in [0.29, 0.717) is 34.5 Å². The number of amides is 2. The van der Waals surface area contributed by atoms with Crippen LogP contribution in [0.5, 0.6) is 0 Å².